The molecule has 0 fully saturated rings. The molecule has 0 bridgehead atoms. The summed E-state index contributed by atoms with van der Waals surface area (Å²) in [6.45, 7) is 5.18. The van der Waals surface area contributed by atoms with Gasteiger partial charge in [0.25, 0.3) is 0 Å². The summed E-state index contributed by atoms with van der Waals surface area (Å²) >= 11 is 0. The molecular weight excluding hydrogens is 266 g/mol. The van der Waals surface area contributed by atoms with E-state index in [1.165, 1.54) is 0 Å². The number of ether oxygens (including phenoxy) is 1. The predicted octanol–water partition coefficient (Wildman–Crippen LogP) is 3.62. The smallest absolute Gasteiger partial charge is 0.348 e. The molecule has 1 atom stereocenters. The molecule has 0 aliphatic carbocycles. The van der Waals surface area contributed by atoms with Gasteiger partial charge < -0.3 is 9.84 Å². The Balaban J connectivity index is 2.48. The largest absolute Gasteiger partial charge is 0.508 e. The number of aromatic hydroxyl groups is 1. The summed E-state index contributed by atoms with van der Waals surface area (Å²) in [6, 6.07) is 12.6. The van der Waals surface area contributed by atoms with E-state index < -0.39 is 12.1 Å². The van der Waals surface area contributed by atoms with Crippen molar-refractivity contribution >= 4 is 16.7 Å². The number of benzene rings is 2. The number of phenolic OH excluding ortho intramolecular Hbond substituents is 1. The number of nitriles is 1. The number of carbonyl (C=O) groups excluding carboxylic acids is 1. The van der Waals surface area contributed by atoms with Crippen molar-refractivity contribution in [3.05, 3.63) is 54.1 Å². The zero-order chi connectivity index (χ0) is 15.4. The second kappa shape index (κ2) is 6.10. The number of esters is 1. The van der Waals surface area contributed by atoms with E-state index in [4.69, 9.17) is 10.00 Å². The highest BCUT2D eigenvalue weighted by Gasteiger charge is 2.22. The van der Waals surface area contributed by atoms with E-state index in [1.807, 2.05) is 31.2 Å². The molecule has 0 heterocycles. The van der Waals surface area contributed by atoms with Crippen LogP contribution in [0.15, 0.2) is 48.6 Å². The van der Waals surface area contributed by atoms with Crippen molar-refractivity contribution in [2.75, 3.05) is 0 Å². The second-order valence-electron chi connectivity index (χ2n) is 4.61. The summed E-state index contributed by atoms with van der Waals surface area (Å²) in [5, 5.41) is 20.6. The third-order valence-electron chi connectivity index (χ3n) is 3.27. The van der Waals surface area contributed by atoms with Crippen LogP contribution in [0.1, 0.15) is 25.0 Å². The van der Waals surface area contributed by atoms with Crippen molar-refractivity contribution in [2.24, 2.45) is 0 Å². The molecule has 0 spiro atoms. The molecule has 21 heavy (non-hydrogen) atoms. The number of hydrogen-bond acceptors (Lipinski definition) is 4. The van der Waals surface area contributed by atoms with Crippen LogP contribution < -0.4 is 0 Å². The Morgan fingerprint density at radius 2 is 2.10 bits per heavy atom. The lowest BCUT2D eigenvalue weighted by molar-refractivity contribution is -0.144. The quantitative estimate of drug-likeness (QED) is 0.528. The maximum Gasteiger partial charge on any atom is 0.348 e. The number of nitrogens with zero attached hydrogens (tertiary/aromatic N) is 1. The molecule has 1 unspecified atom stereocenters. The topological polar surface area (TPSA) is 70.3 Å². The summed E-state index contributed by atoms with van der Waals surface area (Å²) in [7, 11) is 0. The molecule has 0 aliphatic heterocycles. The fourth-order valence-corrected chi connectivity index (χ4v) is 2.21. The maximum atomic E-state index is 11.7. The van der Waals surface area contributed by atoms with Crippen LogP contribution in [0.5, 0.6) is 5.75 Å². The van der Waals surface area contributed by atoms with Gasteiger partial charge in [-0.3, -0.25) is 0 Å². The zero-order valence-corrected chi connectivity index (χ0v) is 11.7. The molecule has 4 nitrogen and oxygen atoms in total. The Labute approximate surface area is 122 Å². The van der Waals surface area contributed by atoms with Crippen molar-refractivity contribution in [3.8, 4) is 11.8 Å². The first-order valence-corrected chi connectivity index (χ1v) is 6.59. The van der Waals surface area contributed by atoms with Crippen LogP contribution in [0.25, 0.3) is 10.8 Å². The minimum absolute atomic E-state index is 0.0657. The molecule has 0 saturated heterocycles. The molecule has 2 aromatic rings. The van der Waals surface area contributed by atoms with E-state index in [2.05, 4.69) is 6.58 Å². The van der Waals surface area contributed by atoms with Gasteiger partial charge in [-0.05, 0) is 23.3 Å². The van der Waals surface area contributed by atoms with Gasteiger partial charge in [0.2, 0.25) is 0 Å². The number of fused-ring (bicyclic) bond motifs is 1. The Bertz CT molecular complexity index is 743. The molecule has 0 radical (unpaired) electrons. The molecule has 1 N–H and O–H groups in total. The monoisotopic (exact) mass is 281 g/mol. The van der Waals surface area contributed by atoms with E-state index in [0.29, 0.717) is 12.0 Å². The standard InChI is InChI=1S/C17H15NO3/c1-3-15(21-17(20)11(2)10-18)16-13-7-5-4-6-12(13)8-9-14(16)19/h4-9,15,19H,2-3H2,1H3. The summed E-state index contributed by atoms with van der Waals surface area (Å²) < 4.78 is 5.31. The molecule has 2 aromatic carbocycles. The minimum atomic E-state index is -0.767. The Morgan fingerprint density at radius 3 is 2.76 bits per heavy atom. The minimum Gasteiger partial charge on any atom is -0.508 e. The molecule has 0 aromatic heterocycles. The van der Waals surface area contributed by atoms with Crippen LogP contribution in [0.4, 0.5) is 0 Å². The zero-order valence-electron chi connectivity index (χ0n) is 11.7. The van der Waals surface area contributed by atoms with E-state index in [1.54, 1.807) is 18.2 Å². The number of hydrogen-bond donors (Lipinski definition) is 1. The lowest BCUT2D eigenvalue weighted by Gasteiger charge is -2.19. The first kappa shape index (κ1) is 14.6. The van der Waals surface area contributed by atoms with Crippen LogP contribution in [0, 0.1) is 11.3 Å². The van der Waals surface area contributed by atoms with E-state index in [9.17, 15) is 9.90 Å². The third kappa shape index (κ3) is 2.87. The van der Waals surface area contributed by atoms with Gasteiger partial charge in [0.15, 0.2) is 0 Å². The van der Waals surface area contributed by atoms with Gasteiger partial charge in [0.1, 0.15) is 23.5 Å². The van der Waals surface area contributed by atoms with Crippen molar-refractivity contribution < 1.29 is 14.6 Å². The fourth-order valence-electron chi connectivity index (χ4n) is 2.21. The number of rotatable bonds is 4. The molecule has 0 amide bonds. The predicted molar refractivity (Wildman–Crippen MR) is 79.5 cm³/mol. The molecule has 2 rings (SSSR count). The van der Waals surface area contributed by atoms with Crippen LogP contribution >= 0.6 is 0 Å². The van der Waals surface area contributed by atoms with Gasteiger partial charge in [-0.1, -0.05) is 43.8 Å². The Morgan fingerprint density at radius 1 is 1.38 bits per heavy atom. The van der Waals surface area contributed by atoms with Gasteiger partial charge in [0.05, 0.1) is 0 Å². The summed E-state index contributed by atoms with van der Waals surface area (Å²) in [6.07, 6.45) is -0.153. The van der Waals surface area contributed by atoms with E-state index in [-0.39, 0.29) is 11.3 Å². The van der Waals surface area contributed by atoms with Crippen molar-refractivity contribution in [2.45, 2.75) is 19.4 Å². The first-order chi connectivity index (χ1) is 10.1. The first-order valence-electron chi connectivity index (χ1n) is 6.59. The number of carbonyl (C=O) groups is 1. The summed E-state index contributed by atoms with van der Waals surface area (Å²) in [4.78, 5) is 11.7. The molecule has 106 valence electrons. The molecule has 4 heteroatoms. The average molecular weight is 281 g/mol. The lowest BCUT2D eigenvalue weighted by Crippen LogP contribution is -2.12. The fraction of sp³-hybridized carbons (Fsp3) is 0.176. The van der Waals surface area contributed by atoms with Crippen LogP contribution in [0.2, 0.25) is 0 Å². The Hall–Kier alpha value is -2.80. The van der Waals surface area contributed by atoms with Gasteiger partial charge in [-0.25, -0.2) is 4.79 Å². The van der Waals surface area contributed by atoms with Gasteiger partial charge in [-0.15, -0.1) is 0 Å². The van der Waals surface area contributed by atoms with E-state index >= 15 is 0 Å². The van der Waals surface area contributed by atoms with Crippen LogP contribution in [-0.2, 0) is 9.53 Å². The SMILES string of the molecule is C=C(C#N)C(=O)OC(CC)c1c(O)ccc2ccccc12. The van der Waals surface area contributed by atoms with Crippen molar-refractivity contribution in [1.82, 2.24) is 0 Å². The van der Waals surface area contributed by atoms with Crippen molar-refractivity contribution in [1.29, 1.82) is 5.26 Å². The molecule has 0 aliphatic rings. The normalized spacial score (nSPS) is 11.6. The Kier molecular flexibility index (Phi) is 4.24. The van der Waals surface area contributed by atoms with Gasteiger partial charge in [-0.2, -0.15) is 5.26 Å². The number of phenols is 1. The van der Waals surface area contributed by atoms with Crippen molar-refractivity contribution in [3.63, 3.8) is 0 Å². The van der Waals surface area contributed by atoms with Gasteiger partial charge in [0, 0.05) is 5.56 Å². The lowest BCUT2D eigenvalue weighted by atomic mass is 9.98. The highest BCUT2D eigenvalue weighted by Crippen LogP contribution is 2.36. The summed E-state index contributed by atoms with van der Waals surface area (Å²) in [5.41, 5.74) is 0.294. The van der Waals surface area contributed by atoms with Crippen LogP contribution in [0.3, 0.4) is 0 Å². The molecule has 0 saturated carbocycles. The average Bonchev–Trinajstić information content (AvgIpc) is 2.52. The van der Waals surface area contributed by atoms with Gasteiger partial charge >= 0.3 is 5.97 Å². The van der Waals surface area contributed by atoms with E-state index in [0.717, 1.165) is 10.8 Å². The highest BCUT2D eigenvalue weighted by molar-refractivity contribution is 5.93. The second-order valence-corrected chi connectivity index (χ2v) is 4.61. The summed E-state index contributed by atoms with van der Waals surface area (Å²) in [5.74, 6) is -0.701. The highest BCUT2D eigenvalue weighted by atomic mass is 16.5. The maximum absolute atomic E-state index is 11.7. The third-order valence-corrected chi connectivity index (χ3v) is 3.27. The van der Waals surface area contributed by atoms with Crippen LogP contribution in [-0.4, -0.2) is 11.1 Å². The molecular formula is C17H15NO3.